The predicted molar refractivity (Wildman–Crippen MR) is 57.5 cm³/mol. The lowest BCUT2D eigenvalue weighted by Gasteiger charge is -2.28. The fraction of sp³-hybridized carbons (Fsp3) is 0.462. The molecule has 1 nitrogen and oxygen atoms in total. The highest BCUT2D eigenvalue weighted by molar-refractivity contribution is 5.52. The van der Waals surface area contributed by atoms with Crippen LogP contribution in [0.5, 0.6) is 0 Å². The minimum atomic E-state index is 0.472. The molecule has 0 amide bonds. The lowest BCUT2D eigenvalue weighted by molar-refractivity contribution is -0.108. The fourth-order valence-electron chi connectivity index (χ4n) is 2.45. The third-order valence-corrected chi connectivity index (χ3v) is 3.30. The van der Waals surface area contributed by atoms with Gasteiger partial charge in [-0.15, -0.1) is 0 Å². The first-order chi connectivity index (χ1) is 6.83. The smallest absolute Gasteiger partial charge is 0.120 e. The molecule has 0 fully saturated rings. The molecule has 0 spiro atoms. The third-order valence-electron chi connectivity index (χ3n) is 3.30. The molecule has 0 bridgehead atoms. The summed E-state index contributed by atoms with van der Waals surface area (Å²) in [6, 6.07) is 8.56. The number of carbonyl (C=O) groups excluding carboxylic acids is 1. The molecule has 74 valence electrons. The van der Waals surface area contributed by atoms with Crippen molar-refractivity contribution < 1.29 is 4.79 Å². The van der Waals surface area contributed by atoms with Gasteiger partial charge in [0.05, 0.1) is 0 Å². The van der Waals surface area contributed by atoms with Gasteiger partial charge in [0, 0.05) is 6.42 Å². The summed E-state index contributed by atoms with van der Waals surface area (Å²) in [7, 11) is 0. The minimum absolute atomic E-state index is 0.472. The minimum Gasteiger partial charge on any atom is -0.303 e. The monoisotopic (exact) mass is 188 g/mol. The average molecular weight is 188 g/mol. The van der Waals surface area contributed by atoms with E-state index >= 15 is 0 Å². The van der Waals surface area contributed by atoms with Crippen LogP contribution in [-0.2, 0) is 4.79 Å². The summed E-state index contributed by atoms with van der Waals surface area (Å²) >= 11 is 0. The highest BCUT2D eigenvalue weighted by atomic mass is 16.1. The molecule has 0 saturated heterocycles. The van der Waals surface area contributed by atoms with Crippen LogP contribution in [0.3, 0.4) is 0 Å². The Kier molecular flexibility index (Phi) is 2.67. The molecule has 1 heteroatoms. The number of fused-ring (bicyclic) bond motifs is 1. The predicted octanol–water partition coefficient (Wildman–Crippen LogP) is 3.26. The van der Waals surface area contributed by atoms with Crippen LogP contribution >= 0.6 is 0 Å². The Balaban J connectivity index is 2.36. The van der Waals surface area contributed by atoms with Crippen molar-refractivity contribution in [2.45, 2.75) is 38.0 Å². The third kappa shape index (κ3) is 1.59. The van der Waals surface area contributed by atoms with E-state index < -0.39 is 0 Å². The maximum atomic E-state index is 10.6. The van der Waals surface area contributed by atoms with Crippen molar-refractivity contribution in [3.8, 4) is 0 Å². The maximum absolute atomic E-state index is 10.6. The van der Waals surface area contributed by atoms with Gasteiger partial charge in [-0.3, -0.25) is 0 Å². The molecule has 2 unspecified atom stereocenters. The lowest BCUT2D eigenvalue weighted by Crippen LogP contribution is -2.12. The van der Waals surface area contributed by atoms with E-state index in [9.17, 15) is 4.79 Å². The van der Waals surface area contributed by atoms with Gasteiger partial charge in [-0.05, 0) is 35.8 Å². The van der Waals surface area contributed by atoms with Crippen molar-refractivity contribution in [2.24, 2.45) is 0 Å². The van der Waals surface area contributed by atoms with Crippen LogP contribution in [0.15, 0.2) is 24.3 Å². The molecular formula is C13H16O. The summed E-state index contributed by atoms with van der Waals surface area (Å²) in [5, 5.41) is 0. The van der Waals surface area contributed by atoms with E-state index in [2.05, 4.69) is 31.2 Å². The zero-order valence-corrected chi connectivity index (χ0v) is 8.57. The molecule has 0 N–H and O–H groups in total. The Morgan fingerprint density at radius 3 is 2.71 bits per heavy atom. The van der Waals surface area contributed by atoms with E-state index in [0.717, 1.165) is 12.7 Å². The van der Waals surface area contributed by atoms with Crippen molar-refractivity contribution in [2.75, 3.05) is 0 Å². The molecule has 1 aromatic rings. The Bertz CT molecular complexity index is 330. The molecule has 0 saturated carbocycles. The summed E-state index contributed by atoms with van der Waals surface area (Å²) < 4.78 is 0. The molecule has 0 aliphatic heterocycles. The van der Waals surface area contributed by atoms with Crippen molar-refractivity contribution in [1.29, 1.82) is 0 Å². The molecule has 2 rings (SSSR count). The van der Waals surface area contributed by atoms with Gasteiger partial charge in [0.2, 0.25) is 0 Å². The summed E-state index contributed by atoms with van der Waals surface area (Å²) in [4.78, 5) is 10.6. The zero-order chi connectivity index (χ0) is 9.97. The number of hydrogen-bond acceptors (Lipinski definition) is 1. The first-order valence-corrected chi connectivity index (χ1v) is 5.35. The van der Waals surface area contributed by atoms with Gasteiger partial charge in [-0.2, -0.15) is 0 Å². The first kappa shape index (κ1) is 9.45. The van der Waals surface area contributed by atoms with Gasteiger partial charge >= 0.3 is 0 Å². The fourth-order valence-corrected chi connectivity index (χ4v) is 2.45. The normalized spacial score (nSPS) is 25.5. The standard InChI is InChI=1S/C13H16O/c1-10-6-7-11(8-9-14)13-5-3-2-4-12(10)13/h2-5,9-11H,6-8H2,1H3. The molecule has 0 heterocycles. The van der Waals surface area contributed by atoms with Crippen molar-refractivity contribution >= 4 is 6.29 Å². The molecule has 14 heavy (non-hydrogen) atoms. The van der Waals surface area contributed by atoms with Crippen LogP contribution < -0.4 is 0 Å². The highest BCUT2D eigenvalue weighted by Gasteiger charge is 2.23. The maximum Gasteiger partial charge on any atom is 0.120 e. The number of benzene rings is 1. The topological polar surface area (TPSA) is 17.1 Å². The second-order valence-electron chi connectivity index (χ2n) is 4.21. The summed E-state index contributed by atoms with van der Waals surface area (Å²) in [6.45, 7) is 2.27. The summed E-state index contributed by atoms with van der Waals surface area (Å²) in [6.07, 6.45) is 4.12. The average Bonchev–Trinajstić information content (AvgIpc) is 2.23. The molecule has 1 aliphatic carbocycles. The summed E-state index contributed by atoms with van der Waals surface area (Å²) in [5.74, 6) is 1.13. The second-order valence-corrected chi connectivity index (χ2v) is 4.21. The summed E-state index contributed by atoms with van der Waals surface area (Å²) in [5.41, 5.74) is 2.85. The molecule has 2 atom stereocenters. The van der Waals surface area contributed by atoms with E-state index in [4.69, 9.17) is 0 Å². The Hall–Kier alpha value is -1.11. The van der Waals surface area contributed by atoms with Gasteiger partial charge < -0.3 is 4.79 Å². The molecular weight excluding hydrogens is 172 g/mol. The SMILES string of the molecule is CC1CCC(CC=O)c2ccccc21. The van der Waals surface area contributed by atoms with Gasteiger partial charge in [-0.1, -0.05) is 31.2 Å². The highest BCUT2D eigenvalue weighted by Crippen LogP contribution is 2.39. The van der Waals surface area contributed by atoms with Crippen LogP contribution in [0.4, 0.5) is 0 Å². The number of aldehydes is 1. The van der Waals surface area contributed by atoms with Crippen molar-refractivity contribution in [3.63, 3.8) is 0 Å². The van der Waals surface area contributed by atoms with E-state index in [1.54, 1.807) is 0 Å². The quantitative estimate of drug-likeness (QED) is 0.651. The second kappa shape index (κ2) is 3.95. The van der Waals surface area contributed by atoms with Crippen molar-refractivity contribution in [3.05, 3.63) is 35.4 Å². The van der Waals surface area contributed by atoms with Crippen molar-refractivity contribution in [1.82, 2.24) is 0 Å². The Labute approximate surface area is 85.1 Å². The Morgan fingerprint density at radius 1 is 1.29 bits per heavy atom. The largest absolute Gasteiger partial charge is 0.303 e. The van der Waals surface area contributed by atoms with Crippen LogP contribution in [0.2, 0.25) is 0 Å². The van der Waals surface area contributed by atoms with Gasteiger partial charge in [-0.25, -0.2) is 0 Å². The van der Waals surface area contributed by atoms with Gasteiger partial charge in [0.15, 0.2) is 0 Å². The van der Waals surface area contributed by atoms with Crippen LogP contribution in [0.1, 0.15) is 49.1 Å². The lowest BCUT2D eigenvalue weighted by atomic mass is 9.76. The van der Waals surface area contributed by atoms with E-state index in [1.165, 1.54) is 17.5 Å². The van der Waals surface area contributed by atoms with Crippen LogP contribution in [0, 0.1) is 0 Å². The van der Waals surface area contributed by atoms with Gasteiger partial charge in [0.25, 0.3) is 0 Å². The van der Waals surface area contributed by atoms with E-state index in [0.29, 0.717) is 18.3 Å². The van der Waals surface area contributed by atoms with Crippen LogP contribution in [-0.4, -0.2) is 6.29 Å². The number of rotatable bonds is 2. The molecule has 0 aromatic heterocycles. The van der Waals surface area contributed by atoms with Gasteiger partial charge in [0.1, 0.15) is 6.29 Å². The molecule has 1 aliphatic rings. The number of hydrogen-bond donors (Lipinski definition) is 0. The van der Waals surface area contributed by atoms with E-state index in [-0.39, 0.29) is 0 Å². The zero-order valence-electron chi connectivity index (χ0n) is 8.57. The van der Waals surface area contributed by atoms with E-state index in [1.807, 2.05) is 0 Å². The Morgan fingerprint density at radius 2 is 2.00 bits per heavy atom. The van der Waals surface area contributed by atoms with Crippen LogP contribution in [0.25, 0.3) is 0 Å². The number of carbonyl (C=O) groups is 1. The molecule has 1 aromatic carbocycles. The molecule has 0 radical (unpaired) electrons. The first-order valence-electron chi connectivity index (χ1n) is 5.35.